The molecule has 0 atom stereocenters. The summed E-state index contributed by atoms with van der Waals surface area (Å²) >= 11 is 3.41. The highest BCUT2D eigenvalue weighted by atomic mass is 79.9. The van der Waals surface area contributed by atoms with E-state index in [0.29, 0.717) is 0 Å². The quantitative estimate of drug-likeness (QED) is 0.806. The number of halogens is 1. The number of alkyl halides is 1. The van der Waals surface area contributed by atoms with Crippen LogP contribution in [0.3, 0.4) is 0 Å². The number of hydrogen-bond donors (Lipinski definition) is 0. The van der Waals surface area contributed by atoms with Gasteiger partial charge in [-0.05, 0) is 16.5 Å². The maximum Gasteiger partial charge on any atom is 0.0835 e. The number of benzene rings is 1. The Balaban J connectivity index is 2.06. The molecule has 1 heterocycles. The van der Waals surface area contributed by atoms with E-state index in [9.17, 15) is 0 Å². The molecule has 0 saturated heterocycles. The number of rotatable bonds is 4. The van der Waals surface area contributed by atoms with Gasteiger partial charge in [-0.15, -0.1) is 5.10 Å². The van der Waals surface area contributed by atoms with Crippen molar-refractivity contribution in [2.24, 2.45) is 0 Å². The van der Waals surface area contributed by atoms with Crippen LogP contribution in [-0.2, 0) is 18.4 Å². The lowest BCUT2D eigenvalue weighted by molar-refractivity contribution is 0.589. The van der Waals surface area contributed by atoms with E-state index in [1.807, 2.05) is 10.9 Å². The fourth-order valence-corrected chi connectivity index (χ4v) is 2.33. The van der Waals surface area contributed by atoms with E-state index < -0.39 is 0 Å². The predicted molar refractivity (Wildman–Crippen MR) is 81.8 cm³/mol. The summed E-state index contributed by atoms with van der Waals surface area (Å²) in [7, 11) is 0. The highest BCUT2D eigenvalue weighted by Crippen LogP contribution is 2.22. The van der Waals surface area contributed by atoms with Crippen LogP contribution in [0.25, 0.3) is 0 Å². The zero-order valence-corrected chi connectivity index (χ0v) is 13.3. The summed E-state index contributed by atoms with van der Waals surface area (Å²) in [5.41, 5.74) is 3.84. The summed E-state index contributed by atoms with van der Waals surface area (Å²) in [4.78, 5) is 0. The Hall–Kier alpha value is -1.16. The minimum Gasteiger partial charge on any atom is -0.248 e. The second kappa shape index (κ2) is 5.87. The van der Waals surface area contributed by atoms with Gasteiger partial charge in [0.2, 0.25) is 0 Å². The van der Waals surface area contributed by atoms with Crippen LogP contribution < -0.4 is 0 Å². The molecule has 0 bridgehead atoms. The third-order valence-corrected chi connectivity index (χ3v) is 3.50. The number of aryl methyl sites for hydroxylation is 1. The van der Waals surface area contributed by atoms with E-state index in [1.165, 1.54) is 11.1 Å². The van der Waals surface area contributed by atoms with Crippen LogP contribution in [0, 0.1) is 0 Å². The van der Waals surface area contributed by atoms with Gasteiger partial charge in [-0.1, -0.05) is 66.2 Å². The Morgan fingerprint density at radius 2 is 1.84 bits per heavy atom. The van der Waals surface area contributed by atoms with E-state index in [1.54, 1.807) is 0 Å². The lowest BCUT2D eigenvalue weighted by Gasteiger charge is -2.19. The van der Waals surface area contributed by atoms with Crippen LogP contribution in [0.15, 0.2) is 30.5 Å². The molecule has 3 nitrogen and oxygen atoms in total. The van der Waals surface area contributed by atoms with Gasteiger partial charge >= 0.3 is 0 Å². The highest BCUT2D eigenvalue weighted by molar-refractivity contribution is 9.09. The van der Waals surface area contributed by atoms with E-state index in [2.05, 4.69) is 71.3 Å². The van der Waals surface area contributed by atoms with Gasteiger partial charge in [0.15, 0.2) is 0 Å². The molecule has 1 aromatic heterocycles. The predicted octanol–water partition coefficient (Wildman–Crippen LogP) is 3.56. The molecule has 4 heteroatoms. The average molecular weight is 322 g/mol. The van der Waals surface area contributed by atoms with Crippen molar-refractivity contribution in [1.82, 2.24) is 15.0 Å². The number of hydrogen-bond acceptors (Lipinski definition) is 2. The third kappa shape index (κ3) is 3.90. The van der Waals surface area contributed by atoms with Crippen molar-refractivity contribution in [3.05, 3.63) is 47.3 Å². The maximum absolute atomic E-state index is 4.15. The van der Waals surface area contributed by atoms with E-state index in [0.717, 1.165) is 24.0 Å². The fraction of sp³-hybridized carbons (Fsp3) is 0.467. The van der Waals surface area contributed by atoms with E-state index in [-0.39, 0.29) is 5.41 Å². The summed E-state index contributed by atoms with van der Waals surface area (Å²) in [5, 5.41) is 9.21. The molecule has 0 spiro atoms. The van der Waals surface area contributed by atoms with Gasteiger partial charge < -0.3 is 0 Å². The second-order valence-electron chi connectivity index (χ2n) is 5.79. The second-order valence-corrected chi connectivity index (χ2v) is 6.59. The average Bonchev–Trinajstić information content (AvgIpc) is 2.77. The van der Waals surface area contributed by atoms with Crippen LogP contribution in [0.1, 0.15) is 37.6 Å². The molecule has 2 aromatic rings. The first-order valence-corrected chi connectivity index (χ1v) is 7.65. The smallest absolute Gasteiger partial charge is 0.0835 e. The Labute approximate surface area is 123 Å². The van der Waals surface area contributed by atoms with Gasteiger partial charge in [-0.25, -0.2) is 4.68 Å². The van der Waals surface area contributed by atoms with Crippen molar-refractivity contribution < 1.29 is 0 Å². The van der Waals surface area contributed by atoms with Crippen LogP contribution in [-0.4, -0.2) is 20.3 Å². The van der Waals surface area contributed by atoms with Crippen molar-refractivity contribution >= 4 is 15.9 Å². The molecule has 0 aliphatic heterocycles. The molecule has 1 aromatic carbocycles. The molecule has 2 rings (SSSR count). The van der Waals surface area contributed by atoms with Crippen LogP contribution in [0.4, 0.5) is 0 Å². The van der Waals surface area contributed by atoms with Crippen LogP contribution >= 0.6 is 15.9 Å². The molecule has 0 amide bonds. The van der Waals surface area contributed by atoms with Gasteiger partial charge in [0, 0.05) is 17.9 Å². The third-order valence-electron chi connectivity index (χ3n) is 3.10. The summed E-state index contributed by atoms with van der Waals surface area (Å²) in [6.07, 6.45) is 2.93. The van der Waals surface area contributed by atoms with Crippen molar-refractivity contribution in [1.29, 1.82) is 0 Å². The first-order chi connectivity index (χ1) is 8.99. The van der Waals surface area contributed by atoms with Gasteiger partial charge in [0.25, 0.3) is 0 Å². The van der Waals surface area contributed by atoms with Gasteiger partial charge in [-0.2, -0.15) is 0 Å². The standard InChI is InChI=1S/C15H20BrN3/c1-15(2,3)13-6-4-12(5-7-13)10-19-11-14(8-9-16)17-18-19/h4-7,11H,8-10H2,1-3H3. The van der Waals surface area contributed by atoms with Crippen molar-refractivity contribution in [2.45, 2.75) is 39.2 Å². The molecule has 0 aliphatic rings. The summed E-state index contributed by atoms with van der Waals surface area (Å²) < 4.78 is 1.89. The SMILES string of the molecule is CC(C)(C)c1ccc(Cn2cc(CCBr)nn2)cc1. The molecule has 0 N–H and O–H groups in total. The normalized spacial score (nSPS) is 11.8. The lowest BCUT2D eigenvalue weighted by atomic mass is 9.87. The maximum atomic E-state index is 4.15. The fourth-order valence-electron chi connectivity index (χ4n) is 1.92. The molecule has 19 heavy (non-hydrogen) atoms. The summed E-state index contributed by atoms with van der Waals surface area (Å²) in [5.74, 6) is 0. The first-order valence-electron chi connectivity index (χ1n) is 6.53. The van der Waals surface area contributed by atoms with Crippen LogP contribution in [0.5, 0.6) is 0 Å². The summed E-state index contributed by atoms with van der Waals surface area (Å²) in [6, 6.07) is 8.75. The van der Waals surface area contributed by atoms with Crippen molar-refractivity contribution in [3.8, 4) is 0 Å². The highest BCUT2D eigenvalue weighted by Gasteiger charge is 2.12. The molecule has 0 aliphatic carbocycles. The molecule has 0 unspecified atom stereocenters. The van der Waals surface area contributed by atoms with Crippen molar-refractivity contribution in [3.63, 3.8) is 0 Å². The largest absolute Gasteiger partial charge is 0.248 e. The minimum atomic E-state index is 0.203. The van der Waals surface area contributed by atoms with Crippen molar-refractivity contribution in [2.75, 3.05) is 5.33 Å². The van der Waals surface area contributed by atoms with Gasteiger partial charge in [0.1, 0.15) is 0 Å². The molecule has 0 fully saturated rings. The van der Waals surface area contributed by atoms with E-state index >= 15 is 0 Å². The topological polar surface area (TPSA) is 30.7 Å². The Bertz CT molecular complexity index is 523. The minimum absolute atomic E-state index is 0.203. The summed E-state index contributed by atoms with van der Waals surface area (Å²) in [6.45, 7) is 7.46. The Kier molecular flexibility index (Phi) is 4.40. The zero-order valence-electron chi connectivity index (χ0n) is 11.7. The zero-order chi connectivity index (χ0) is 13.9. The lowest BCUT2D eigenvalue weighted by Crippen LogP contribution is -2.11. The first kappa shape index (κ1) is 14.3. The van der Waals surface area contributed by atoms with Crippen LogP contribution in [0.2, 0.25) is 0 Å². The number of aromatic nitrogens is 3. The molecular weight excluding hydrogens is 302 g/mol. The Morgan fingerprint density at radius 3 is 2.42 bits per heavy atom. The molecular formula is C15H20BrN3. The van der Waals surface area contributed by atoms with E-state index in [4.69, 9.17) is 0 Å². The Morgan fingerprint density at radius 1 is 1.16 bits per heavy atom. The monoisotopic (exact) mass is 321 g/mol. The molecule has 102 valence electrons. The van der Waals surface area contributed by atoms with Gasteiger partial charge in [-0.3, -0.25) is 0 Å². The molecule has 0 saturated carbocycles. The molecule has 0 radical (unpaired) electrons. The number of nitrogens with zero attached hydrogens (tertiary/aromatic N) is 3. The van der Waals surface area contributed by atoms with Gasteiger partial charge in [0.05, 0.1) is 12.2 Å².